The van der Waals surface area contributed by atoms with Gasteiger partial charge in [0.05, 0.1) is 12.6 Å². The first kappa shape index (κ1) is 18.6. The van der Waals surface area contributed by atoms with E-state index in [-0.39, 0.29) is 12.1 Å². The van der Waals surface area contributed by atoms with Crippen LogP contribution in [-0.4, -0.2) is 20.8 Å². The predicted molar refractivity (Wildman–Crippen MR) is 105 cm³/mol. The van der Waals surface area contributed by atoms with E-state index in [1.165, 1.54) is 6.33 Å². The Morgan fingerprint density at radius 3 is 2.48 bits per heavy atom. The SMILES string of the molecule is CCC[C@H](NC(=O)NCc1ccc(Cn2cncn2)cc1)c1ccccc1. The van der Waals surface area contributed by atoms with Crippen LogP contribution in [0, 0.1) is 0 Å². The Kier molecular flexibility index (Phi) is 6.57. The molecule has 6 nitrogen and oxygen atoms in total. The molecule has 140 valence electrons. The first-order valence-corrected chi connectivity index (χ1v) is 9.24. The second kappa shape index (κ2) is 9.52. The van der Waals surface area contributed by atoms with Crippen molar-refractivity contribution in [2.24, 2.45) is 0 Å². The molecule has 2 N–H and O–H groups in total. The van der Waals surface area contributed by atoms with Crippen LogP contribution in [0.2, 0.25) is 0 Å². The molecule has 0 aliphatic rings. The summed E-state index contributed by atoms with van der Waals surface area (Å²) in [5.41, 5.74) is 3.33. The third kappa shape index (κ3) is 5.67. The third-order valence-corrected chi connectivity index (χ3v) is 4.37. The molecule has 0 aliphatic carbocycles. The fraction of sp³-hybridized carbons (Fsp3) is 0.286. The standard InChI is InChI=1S/C21H25N5O/c1-2-6-20(19-7-4-3-5-8-19)25-21(27)23-13-17-9-11-18(12-10-17)14-26-16-22-15-24-26/h3-5,7-12,15-16,20H,2,6,13-14H2,1H3,(H2,23,25,27)/t20-/m0/s1. The van der Waals surface area contributed by atoms with Crippen molar-refractivity contribution >= 4 is 6.03 Å². The summed E-state index contributed by atoms with van der Waals surface area (Å²) in [7, 11) is 0. The summed E-state index contributed by atoms with van der Waals surface area (Å²) in [5, 5.41) is 10.1. The van der Waals surface area contributed by atoms with Gasteiger partial charge in [0.15, 0.2) is 0 Å². The Morgan fingerprint density at radius 2 is 1.81 bits per heavy atom. The predicted octanol–water partition coefficient (Wildman–Crippen LogP) is 3.67. The molecule has 6 heteroatoms. The van der Waals surface area contributed by atoms with E-state index in [4.69, 9.17) is 0 Å². The summed E-state index contributed by atoms with van der Waals surface area (Å²) >= 11 is 0. The van der Waals surface area contributed by atoms with E-state index >= 15 is 0 Å². The number of nitrogens with one attached hydrogen (secondary N) is 2. The fourth-order valence-corrected chi connectivity index (χ4v) is 2.95. The number of carbonyl (C=O) groups excluding carboxylic acids is 1. The highest BCUT2D eigenvalue weighted by molar-refractivity contribution is 5.74. The van der Waals surface area contributed by atoms with Crippen molar-refractivity contribution < 1.29 is 4.79 Å². The van der Waals surface area contributed by atoms with Gasteiger partial charge in [-0.25, -0.2) is 14.5 Å². The van der Waals surface area contributed by atoms with Gasteiger partial charge in [0.25, 0.3) is 0 Å². The first-order chi connectivity index (χ1) is 13.2. The molecule has 27 heavy (non-hydrogen) atoms. The quantitative estimate of drug-likeness (QED) is 0.641. The highest BCUT2D eigenvalue weighted by Gasteiger charge is 2.13. The summed E-state index contributed by atoms with van der Waals surface area (Å²) in [4.78, 5) is 16.3. The maximum absolute atomic E-state index is 12.3. The zero-order chi connectivity index (χ0) is 18.9. The van der Waals surface area contributed by atoms with Gasteiger partial charge in [-0.1, -0.05) is 67.9 Å². The van der Waals surface area contributed by atoms with Gasteiger partial charge in [0.1, 0.15) is 12.7 Å². The normalized spacial score (nSPS) is 11.7. The number of amides is 2. The van der Waals surface area contributed by atoms with Gasteiger partial charge in [-0.2, -0.15) is 5.10 Å². The van der Waals surface area contributed by atoms with Crippen molar-refractivity contribution in [1.29, 1.82) is 0 Å². The minimum atomic E-state index is -0.149. The summed E-state index contributed by atoms with van der Waals surface area (Å²) < 4.78 is 1.78. The number of hydrogen-bond acceptors (Lipinski definition) is 3. The van der Waals surface area contributed by atoms with Crippen LogP contribution in [0.25, 0.3) is 0 Å². The molecule has 3 aromatic rings. The summed E-state index contributed by atoms with van der Waals surface area (Å²) in [5.74, 6) is 0. The maximum atomic E-state index is 12.3. The van der Waals surface area contributed by atoms with Gasteiger partial charge < -0.3 is 10.6 Å². The van der Waals surface area contributed by atoms with Crippen LogP contribution in [0.5, 0.6) is 0 Å². The lowest BCUT2D eigenvalue weighted by atomic mass is 10.0. The number of carbonyl (C=O) groups is 1. The number of hydrogen-bond donors (Lipinski definition) is 2. The molecular formula is C21H25N5O. The molecule has 1 aromatic heterocycles. The highest BCUT2D eigenvalue weighted by Crippen LogP contribution is 2.17. The minimum Gasteiger partial charge on any atom is -0.334 e. The molecular weight excluding hydrogens is 338 g/mol. The van der Waals surface area contributed by atoms with E-state index in [0.717, 1.165) is 29.5 Å². The van der Waals surface area contributed by atoms with Gasteiger partial charge in [0, 0.05) is 6.54 Å². The van der Waals surface area contributed by atoms with Crippen molar-refractivity contribution in [3.05, 3.63) is 83.9 Å². The van der Waals surface area contributed by atoms with Crippen LogP contribution >= 0.6 is 0 Å². The monoisotopic (exact) mass is 363 g/mol. The second-order valence-electron chi connectivity index (χ2n) is 6.49. The molecule has 0 bridgehead atoms. The molecule has 3 rings (SSSR count). The van der Waals surface area contributed by atoms with Gasteiger partial charge in [-0.05, 0) is 23.1 Å². The average Bonchev–Trinajstić information content (AvgIpc) is 3.21. The van der Waals surface area contributed by atoms with Crippen LogP contribution in [-0.2, 0) is 13.1 Å². The Hall–Kier alpha value is -3.15. The largest absolute Gasteiger partial charge is 0.334 e. The smallest absolute Gasteiger partial charge is 0.315 e. The number of benzene rings is 2. The lowest BCUT2D eigenvalue weighted by Gasteiger charge is -2.19. The molecule has 2 amide bonds. The van der Waals surface area contributed by atoms with Crippen LogP contribution < -0.4 is 10.6 Å². The molecule has 0 spiro atoms. The van der Waals surface area contributed by atoms with Gasteiger partial charge in [0.2, 0.25) is 0 Å². The molecule has 0 saturated heterocycles. The van der Waals surface area contributed by atoms with E-state index < -0.39 is 0 Å². The summed E-state index contributed by atoms with van der Waals surface area (Å²) in [6, 6.07) is 18.1. The zero-order valence-corrected chi connectivity index (χ0v) is 15.5. The molecule has 0 unspecified atom stereocenters. The van der Waals surface area contributed by atoms with Crippen molar-refractivity contribution in [1.82, 2.24) is 25.4 Å². The number of urea groups is 1. The third-order valence-electron chi connectivity index (χ3n) is 4.37. The summed E-state index contributed by atoms with van der Waals surface area (Å²) in [6.07, 6.45) is 5.14. The Morgan fingerprint density at radius 1 is 1.07 bits per heavy atom. The molecule has 0 fully saturated rings. The zero-order valence-electron chi connectivity index (χ0n) is 15.5. The van der Waals surface area contributed by atoms with E-state index in [2.05, 4.69) is 39.8 Å². The highest BCUT2D eigenvalue weighted by atomic mass is 16.2. The molecule has 1 atom stereocenters. The van der Waals surface area contributed by atoms with Gasteiger partial charge >= 0.3 is 6.03 Å². The number of nitrogens with zero attached hydrogens (tertiary/aromatic N) is 3. The molecule has 0 saturated carbocycles. The Balaban J connectivity index is 1.50. The van der Waals surface area contributed by atoms with E-state index in [0.29, 0.717) is 13.1 Å². The second-order valence-corrected chi connectivity index (χ2v) is 6.49. The van der Waals surface area contributed by atoms with Crippen LogP contribution in [0.1, 0.15) is 42.5 Å². The Labute approximate surface area is 159 Å². The number of aromatic nitrogens is 3. The molecule has 2 aromatic carbocycles. The van der Waals surface area contributed by atoms with Crippen molar-refractivity contribution in [2.45, 2.75) is 38.9 Å². The van der Waals surface area contributed by atoms with E-state index in [1.54, 1.807) is 11.0 Å². The van der Waals surface area contributed by atoms with Gasteiger partial charge in [-0.15, -0.1) is 0 Å². The van der Waals surface area contributed by atoms with Crippen molar-refractivity contribution in [3.63, 3.8) is 0 Å². The van der Waals surface area contributed by atoms with Crippen molar-refractivity contribution in [3.8, 4) is 0 Å². The van der Waals surface area contributed by atoms with Crippen LogP contribution in [0.3, 0.4) is 0 Å². The van der Waals surface area contributed by atoms with Crippen LogP contribution in [0.4, 0.5) is 4.79 Å². The fourth-order valence-electron chi connectivity index (χ4n) is 2.95. The van der Waals surface area contributed by atoms with Crippen LogP contribution in [0.15, 0.2) is 67.3 Å². The molecule has 0 aliphatic heterocycles. The molecule has 1 heterocycles. The lowest BCUT2D eigenvalue weighted by Crippen LogP contribution is -2.37. The minimum absolute atomic E-state index is 0.0289. The van der Waals surface area contributed by atoms with E-state index in [9.17, 15) is 4.79 Å². The first-order valence-electron chi connectivity index (χ1n) is 9.24. The Bertz CT molecular complexity index is 816. The van der Waals surface area contributed by atoms with Gasteiger partial charge in [-0.3, -0.25) is 0 Å². The summed E-state index contributed by atoms with van der Waals surface area (Å²) in [6.45, 7) is 3.30. The van der Waals surface area contributed by atoms with E-state index in [1.807, 2.05) is 42.5 Å². The lowest BCUT2D eigenvalue weighted by molar-refractivity contribution is 0.236. The topological polar surface area (TPSA) is 71.8 Å². The van der Waals surface area contributed by atoms with Crippen molar-refractivity contribution in [2.75, 3.05) is 0 Å². The number of rotatable bonds is 8. The maximum Gasteiger partial charge on any atom is 0.315 e. The average molecular weight is 363 g/mol. The molecule has 0 radical (unpaired) electrons.